The van der Waals surface area contributed by atoms with Crippen LogP contribution < -0.4 is 11.3 Å². The number of rotatable bonds is 1. The zero-order valence-corrected chi connectivity index (χ0v) is 9.97. The molecule has 90 valence electrons. The van der Waals surface area contributed by atoms with E-state index in [9.17, 15) is 4.79 Å². The van der Waals surface area contributed by atoms with E-state index in [-0.39, 0.29) is 5.56 Å². The van der Waals surface area contributed by atoms with Crippen LogP contribution in [0.4, 0.5) is 5.69 Å². The molecule has 3 aromatic rings. The fourth-order valence-corrected chi connectivity index (χ4v) is 2.16. The quantitative estimate of drug-likeness (QED) is 0.639. The summed E-state index contributed by atoms with van der Waals surface area (Å²) in [5, 5.41) is 0.933. The number of pyridine rings is 1. The van der Waals surface area contributed by atoms with Crippen LogP contribution in [0.25, 0.3) is 22.0 Å². The van der Waals surface area contributed by atoms with Gasteiger partial charge >= 0.3 is 0 Å². The highest BCUT2D eigenvalue weighted by Gasteiger charge is 2.09. The van der Waals surface area contributed by atoms with Crippen molar-refractivity contribution in [2.75, 3.05) is 5.73 Å². The van der Waals surface area contributed by atoms with Gasteiger partial charge in [0.25, 0.3) is 5.56 Å². The van der Waals surface area contributed by atoms with Gasteiger partial charge in [-0.2, -0.15) is 0 Å². The minimum Gasteiger partial charge on any atom is -0.399 e. The third-order valence-corrected chi connectivity index (χ3v) is 3.12. The molecule has 4 heteroatoms. The Labute approximate surface area is 104 Å². The van der Waals surface area contributed by atoms with Gasteiger partial charge in [-0.3, -0.25) is 4.79 Å². The van der Waals surface area contributed by atoms with Gasteiger partial charge in [0.2, 0.25) is 0 Å². The maximum atomic E-state index is 11.9. The van der Waals surface area contributed by atoms with E-state index in [0.717, 1.165) is 22.2 Å². The van der Waals surface area contributed by atoms with Crippen LogP contribution in [0.2, 0.25) is 0 Å². The van der Waals surface area contributed by atoms with Gasteiger partial charge in [-0.05, 0) is 23.8 Å². The van der Waals surface area contributed by atoms with Gasteiger partial charge in [0, 0.05) is 36.1 Å². The minimum atomic E-state index is -0.0193. The number of benzene rings is 1. The number of nitrogens with zero attached hydrogens (tertiary/aromatic N) is 1. The van der Waals surface area contributed by atoms with Gasteiger partial charge in [0.05, 0.1) is 0 Å². The van der Waals surface area contributed by atoms with E-state index in [1.165, 1.54) is 0 Å². The summed E-state index contributed by atoms with van der Waals surface area (Å²) in [6, 6.07) is 9.56. The lowest BCUT2D eigenvalue weighted by atomic mass is 10.0. The summed E-state index contributed by atoms with van der Waals surface area (Å²) in [6.07, 6.45) is 3.64. The molecule has 0 saturated heterocycles. The first kappa shape index (κ1) is 10.7. The highest BCUT2D eigenvalue weighted by atomic mass is 16.1. The number of nitrogen functional groups attached to an aromatic ring is 1. The molecule has 4 nitrogen and oxygen atoms in total. The smallest absolute Gasteiger partial charge is 0.274 e. The number of nitrogens with one attached hydrogen (secondary N) is 1. The van der Waals surface area contributed by atoms with E-state index < -0.39 is 0 Å². The van der Waals surface area contributed by atoms with Crippen molar-refractivity contribution in [2.45, 2.75) is 0 Å². The van der Waals surface area contributed by atoms with Crippen LogP contribution in [0.3, 0.4) is 0 Å². The SMILES string of the molecule is Cn1cc(-c2ccc(N)cc2)c2cc[nH]c2c1=O. The van der Waals surface area contributed by atoms with Crippen molar-refractivity contribution in [3.8, 4) is 11.1 Å². The van der Waals surface area contributed by atoms with Gasteiger partial charge in [-0.1, -0.05) is 12.1 Å². The number of aromatic nitrogens is 2. The Kier molecular flexibility index (Phi) is 2.23. The van der Waals surface area contributed by atoms with Crippen LogP contribution in [-0.2, 0) is 7.05 Å². The molecule has 3 N–H and O–H groups in total. The number of fused-ring (bicyclic) bond motifs is 1. The predicted octanol–water partition coefficient (Wildman–Crippen LogP) is 2.12. The normalized spacial score (nSPS) is 10.9. The molecular weight excluding hydrogens is 226 g/mol. The molecule has 0 saturated carbocycles. The Morgan fingerprint density at radius 1 is 1.17 bits per heavy atom. The summed E-state index contributed by atoms with van der Waals surface area (Å²) in [5.74, 6) is 0. The number of nitrogens with two attached hydrogens (primary N) is 1. The number of hydrogen-bond acceptors (Lipinski definition) is 2. The summed E-state index contributed by atoms with van der Waals surface area (Å²) in [7, 11) is 1.75. The average Bonchev–Trinajstić information content (AvgIpc) is 2.84. The van der Waals surface area contributed by atoms with Gasteiger partial charge in [0.1, 0.15) is 5.52 Å². The molecule has 0 amide bonds. The lowest BCUT2D eigenvalue weighted by Crippen LogP contribution is -2.16. The largest absolute Gasteiger partial charge is 0.399 e. The van der Waals surface area contributed by atoms with E-state index in [4.69, 9.17) is 5.73 Å². The molecule has 1 aromatic carbocycles. The third kappa shape index (κ3) is 1.50. The number of anilines is 1. The number of aromatic amines is 1. The monoisotopic (exact) mass is 239 g/mol. The topological polar surface area (TPSA) is 63.8 Å². The Hall–Kier alpha value is -2.49. The predicted molar refractivity (Wildman–Crippen MR) is 73.4 cm³/mol. The van der Waals surface area contributed by atoms with Crippen LogP contribution in [0, 0.1) is 0 Å². The maximum Gasteiger partial charge on any atom is 0.274 e. The van der Waals surface area contributed by atoms with Crippen LogP contribution >= 0.6 is 0 Å². The Balaban J connectivity index is 2.35. The molecule has 0 aliphatic carbocycles. The average molecular weight is 239 g/mol. The van der Waals surface area contributed by atoms with E-state index in [2.05, 4.69) is 4.98 Å². The molecule has 0 bridgehead atoms. The van der Waals surface area contributed by atoms with Gasteiger partial charge in [-0.25, -0.2) is 0 Å². The van der Waals surface area contributed by atoms with Crippen molar-refractivity contribution < 1.29 is 0 Å². The zero-order chi connectivity index (χ0) is 12.7. The Bertz CT molecular complexity index is 766. The number of H-pyrrole nitrogens is 1. The molecule has 0 spiro atoms. The van der Waals surface area contributed by atoms with Crippen molar-refractivity contribution in [3.05, 3.63) is 53.1 Å². The summed E-state index contributed by atoms with van der Waals surface area (Å²) in [5.41, 5.74) is 9.10. The van der Waals surface area contributed by atoms with Crippen molar-refractivity contribution in [2.24, 2.45) is 7.05 Å². The second-order valence-electron chi connectivity index (χ2n) is 4.35. The molecule has 0 unspecified atom stereocenters. The molecule has 0 aliphatic heterocycles. The fraction of sp³-hybridized carbons (Fsp3) is 0.0714. The summed E-state index contributed by atoms with van der Waals surface area (Å²) in [6.45, 7) is 0. The highest BCUT2D eigenvalue weighted by molar-refractivity contribution is 5.94. The van der Waals surface area contributed by atoms with Crippen molar-refractivity contribution in [3.63, 3.8) is 0 Å². The maximum absolute atomic E-state index is 11.9. The van der Waals surface area contributed by atoms with E-state index in [0.29, 0.717) is 5.52 Å². The minimum absolute atomic E-state index is 0.0193. The van der Waals surface area contributed by atoms with Crippen LogP contribution in [0.5, 0.6) is 0 Å². The first-order valence-corrected chi connectivity index (χ1v) is 5.69. The molecular formula is C14H13N3O. The number of aryl methyl sites for hydroxylation is 1. The molecule has 2 heterocycles. The molecule has 3 rings (SSSR count). The molecule has 18 heavy (non-hydrogen) atoms. The fourth-order valence-electron chi connectivity index (χ4n) is 2.16. The van der Waals surface area contributed by atoms with Crippen LogP contribution in [-0.4, -0.2) is 9.55 Å². The second-order valence-corrected chi connectivity index (χ2v) is 4.35. The van der Waals surface area contributed by atoms with Gasteiger partial charge in [-0.15, -0.1) is 0 Å². The standard InChI is InChI=1S/C14H13N3O/c1-17-8-12(9-2-4-10(15)5-3-9)11-6-7-16-13(11)14(17)18/h2-8,16H,15H2,1H3. The Morgan fingerprint density at radius 3 is 2.61 bits per heavy atom. The highest BCUT2D eigenvalue weighted by Crippen LogP contribution is 2.26. The Morgan fingerprint density at radius 2 is 1.89 bits per heavy atom. The summed E-state index contributed by atoms with van der Waals surface area (Å²) in [4.78, 5) is 14.9. The van der Waals surface area contributed by atoms with E-state index in [1.54, 1.807) is 17.8 Å². The van der Waals surface area contributed by atoms with Crippen molar-refractivity contribution >= 4 is 16.6 Å². The van der Waals surface area contributed by atoms with E-state index in [1.807, 2.05) is 36.5 Å². The number of hydrogen-bond donors (Lipinski definition) is 2. The van der Waals surface area contributed by atoms with E-state index >= 15 is 0 Å². The van der Waals surface area contributed by atoms with Crippen molar-refractivity contribution in [1.29, 1.82) is 0 Å². The van der Waals surface area contributed by atoms with Gasteiger partial charge in [0.15, 0.2) is 0 Å². The van der Waals surface area contributed by atoms with Crippen LogP contribution in [0.15, 0.2) is 47.5 Å². The van der Waals surface area contributed by atoms with Crippen molar-refractivity contribution in [1.82, 2.24) is 9.55 Å². The third-order valence-electron chi connectivity index (χ3n) is 3.12. The zero-order valence-electron chi connectivity index (χ0n) is 9.97. The van der Waals surface area contributed by atoms with Crippen LogP contribution in [0.1, 0.15) is 0 Å². The summed E-state index contributed by atoms with van der Waals surface area (Å²) < 4.78 is 1.59. The molecule has 2 aromatic heterocycles. The molecule has 0 radical (unpaired) electrons. The van der Waals surface area contributed by atoms with Gasteiger partial charge < -0.3 is 15.3 Å². The second kappa shape index (κ2) is 3.77. The first-order chi connectivity index (χ1) is 8.66. The molecule has 0 fully saturated rings. The molecule has 0 atom stereocenters. The lowest BCUT2D eigenvalue weighted by Gasteiger charge is -2.07. The molecule has 0 aliphatic rings. The lowest BCUT2D eigenvalue weighted by molar-refractivity contribution is 0.872. The summed E-state index contributed by atoms with van der Waals surface area (Å²) >= 11 is 0. The first-order valence-electron chi connectivity index (χ1n) is 5.69.